The number of amides is 2. The maximum Gasteiger partial charge on any atom is 0.348 e. The molecule has 5 nitrogen and oxygen atoms in total. The summed E-state index contributed by atoms with van der Waals surface area (Å²) in [6.07, 6.45) is 2.39. The molecule has 0 unspecified atom stereocenters. The molecule has 0 fully saturated rings. The highest BCUT2D eigenvalue weighted by molar-refractivity contribution is 6.40. The molecule has 1 aliphatic rings. The van der Waals surface area contributed by atoms with E-state index in [9.17, 15) is 14.4 Å². The van der Waals surface area contributed by atoms with E-state index in [2.05, 4.69) is 11.3 Å². The molecule has 0 radical (unpaired) electrons. The fourth-order valence-electron chi connectivity index (χ4n) is 0.467. The summed E-state index contributed by atoms with van der Waals surface area (Å²) in [5, 5.41) is 1.93. The van der Waals surface area contributed by atoms with Crippen LogP contribution in [0, 0.1) is 0 Å². The topological polar surface area (TPSA) is 72.5 Å². The minimum atomic E-state index is -0.582. The zero-order valence-electron chi connectivity index (χ0n) is 7.37. The molecule has 0 bridgehead atoms. The Kier molecular flexibility index (Phi) is 5.24. The van der Waals surface area contributed by atoms with E-state index in [-0.39, 0.29) is 16.8 Å². The van der Waals surface area contributed by atoms with Crippen LogP contribution in [0.5, 0.6) is 0 Å². The highest BCUT2D eigenvalue weighted by Crippen LogP contribution is 1.96. The first kappa shape index (κ1) is 12.4. The number of halogens is 1. The zero-order chi connectivity index (χ0) is 11.1. The predicted molar refractivity (Wildman–Crippen MR) is 49.3 cm³/mol. The van der Waals surface area contributed by atoms with Gasteiger partial charge in [-0.3, -0.25) is 14.9 Å². The van der Waals surface area contributed by atoms with Gasteiger partial charge in [-0.1, -0.05) is 18.2 Å². The van der Waals surface area contributed by atoms with Gasteiger partial charge in [0.25, 0.3) is 11.8 Å². The van der Waals surface area contributed by atoms with Gasteiger partial charge < -0.3 is 4.74 Å². The van der Waals surface area contributed by atoms with E-state index in [1.165, 1.54) is 19.3 Å². The molecular weight excluding hydrogens is 210 g/mol. The van der Waals surface area contributed by atoms with Gasteiger partial charge >= 0.3 is 5.97 Å². The molecule has 1 aliphatic heterocycles. The van der Waals surface area contributed by atoms with Crippen molar-refractivity contribution in [2.24, 2.45) is 0 Å². The summed E-state index contributed by atoms with van der Waals surface area (Å²) < 4.78 is 4.14. The number of esters is 1. The number of carbonyl (C=O) groups excluding carboxylic acids is 3. The summed E-state index contributed by atoms with van der Waals surface area (Å²) in [5.41, 5.74) is 0. The second-order valence-corrected chi connectivity index (χ2v) is 2.54. The Balaban J connectivity index is 0.000000241. The van der Waals surface area contributed by atoms with Crippen molar-refractivity contribution >= 4 is 29.4 Å². The molecular formula is C8H8ClNO4. The summed E-state index contributed by atoms with van der Waals surface area (Å²) in [7, 11) is 1.25. The molecule has 6 heteroatoms. The van der Waals surface area contributed by atoms with Gasteiger partial charge in [0.1, 0.15) is 5.03 Å². The molecule has 1 heterocycles. The van der Waals surface area contributed by atoms with Gasteiger partial charge in [0, 0.05) is 12.2 Å². The molecule has 0 aliphatic carbocycles. The molecule has 76 valence electrons. The molecule has 1 N–H and O–H groups in total. The summed E-state index contributed by atoms with van der Waals surface area (Å²) in [6.45, 7) is 3.12. The smallest absolute Gasteiger partial charge is 0.348 e. The van der Waals surface area contributed by atoms with Crippen molar-refractivity contribution in [3.05, 3.63) is 23.8 Å². The number of methoxy groups -OCH3 is 1. The van der Waals surface area contributed by atoms with Gasteiger partial charge in [0.15, 0.2) is 0 Å². The van der Waals surface area contributed by atoms with Crippen molar-refractivity contribution in [3.63, 3.8) is 0 Å². The van der Waals surface area contributed by atoms with Crippen LogP contribution in [-0.4, -0.2) is 24.9 Å². The minimum absolute atomic E-state index is 0.0949. The van der Waals surface area contributed by atoms with Crippen LogP contribution in [0.25, 0.3) is 0 Å². The molecule has 2 amide bonds. The lowest BCUT2D eigenvalue weighted by atomic mass is 10.6. The molecule has 0 saturated heterocycles. The van der Waals surface area contributed by atoms with Gasteiger partial charge in [-0.05, 0) is 0 Å². The van der Waals surface area contributed by atoms with Gasteiger partial charge in [0.2, 0.25) is 0 Å². The first-order valence-electron chi connectivity index (χ1n) is 3.43. The quantitative estimate of drug-likeness (QED) is 0.384. The average Bonchev–Trinajstić information content (AvgIpc) is 2.49. The molecule has 0 aromatic carbocycles. The van der Waals surface area contributed by atoms with E-state index in [0.29, 0.717) is 0 Å². The third-order valence-corrected chi connectivity index (χ3v) is 1.19. The van der Waals surface area contributed by atoms with E-state index in [1.807, 2.05) is 5.32 Å². The maximum absolute atomic E-state index is 10.1. The molecule has 0 spiro atoms. The number of imide groups is 1. The third-order valence-electron chi connectivity index (χ3n) is 1.04. The third kappa shape index (κ3) is 5.10. The lowest BCUT2D eigenvalue weighted by molar-refractivity contribution is -0.135. The average molecular weight is 218 g/mol. The van der Waals surface area contributed by atoms with E-state index in [0.717, 1.165) is 0 Å². The first-order valence-corrected chi connectivity index (χ1v) is 3.81. The van der Waals surface area contributed by atoms with E-state index in [1.54, 1.807) is 0 Å². The number of ether oxygens (including phenoxy) is 1. The second kappa shape index (κ2) is 5.93. The summed E-state index contributed by atoms with van der Waals surface area (Å²) in [4.78, 5) is 30.1. The van der Waals surface area contributed by atoms with Crippen molar-refractivity contribution in [2.75, 3.05) is 7.11 Å². The van der Waals surface area contributed by atoms with Crippen molar-refractivity contribution in [3.8, 4) is 0 Å². The highest BCUT2D eigenvalue weighted by atomic mass is 35.5. The Morgan fingerprint density at radius 3 is 1.93 bits per heavy atom. The van der Waals surface area contributed by atoms with Crippen LogP contribution in [0.1, 0.15) is 0 Å². The van der Waals surface area contributed by atoms with Crippen molar-refractivity contribution < 1.29 is 19.1 Å². The van der Waals surface area contributed by atoms with Crippen LogP contribution in [-0.2, 0) is 19.1 Å². The van der Waals surface area contributed by atoms with Gasteiger partial charge in [-0.15, -0.1) is 0 Å². The Morgan fingerprint density at radius 2 is 1.86 bits per heavy atom. The zero-order valence-corrected chi connectivity index (χ0v) is 8.13. The summed E-state index contributed by atoms with van der Waals surface area (Å²) in [5.74, 6) is -1.24. The molecule has 0 saturated carbocycles. The minimum Gasteiger partial charge on any atom is -0.465 e. The largest absolute Gasteiger partial charge is 0.465 e. The van der Waals surface area contributed by atoms with Crippen LogP contribution < -0.4 is 5.32 Å². The predicted octanol–water partition coefficient (Wildman–Crippen LogP) is 0.111. The number of nitrogens with one attached hydrogen (secondary N) is 1. The van der Waals surface area contributed by atoms with Gasteiger partial charge in [0.05, 0.1) is 7.11 Å². The van der Waals surface area contributed by atoms with E-state index >= 15 is 0 Å². The van der Waals surface area contributed by atoms with E-state index < -0.39 is 5.97 Å². The van der Waals surface area contributed by atoms with Crippen LogP contribution in [0.3, 0.4) is 0 Å². The standard InChI is InChI=1S/C4H5ClO2.C4H3NO2/c1-3(5)4(6)7-2;6-3-1-2-4(7)5-3/h1H2,2H3;1-2H,(H,5,6,7). The molecule has 14 heavy (non-hydrogen) atoms. The lowest BCUT2D eigenvalue weighted by Crippen LogP contribution is -2.19. The number of hydrogen-bond acceptors (Lipinski definition) is 4. The highest BCUT2D eigenvalue weighted by Gasteiger charge is 2.06. The normalized spacial score (nSPS) is 12.7. The van der Waals surface area contributed by atoms with Crippen molar-refractivity contribution in [1.82, 2.24) is 5.32 Å². The molecule has 1 rings (SSSR count). The second-order valence-electron chi connectivity index (χ2n) is 2.08. The molecule has 0 aromatic heterocycles. The fourth-order valence-corrected chi connectivity index (χ4v) is 0.544. The van der Waals surface area contributed by atoms with Gasteiger partial charge in [-0.25, -0.2) is 4.79 Å². The van der Waals surface area contributed by atoms with Crippen LogP contribution in [0.2, 0.25) is 0 Å². The van der Waals surface area contributed by atoms with Crippen molar-refractivity contribution in [1.29, 1.82) is 0 Å². The summed E-state index contributed by atoms with van der Waals surface area (Å²) in [6, 6.07) is 0. The number of carbonyl (C=O) groups is 3. The monoisotopic (exact) mass is 217 g/mol. The Bertz CT molecular complexity index is 292. The fraction of sp³-hybridized carbons (Fsp3) is 0.125. The Labute approximate surface area is 85.4 Å². The molecule has 0 atom stereocenters. The van der Waals surface area contributed by atoms with Crippen LogP contribution in [0.15, 0.2) is 23.8 Å². The first-order chi connectivity index (χ1) is 6.47. The number of rotatable bonds is 1. The van der Waals surface area contributed by atoms with Crippen molar-refractivity contribution in [2.45, 2.75) is 0 Å². The van der Waals surface area contributed by atoms with Crippen LogP contribution >= 0.6 is 11.6 Å². The summed E-state index contributed by atoms with van der Waals surface area (Å²) >= 11 is 5.06. The lowest BCUT2D eigenvalue weighted by Gasteiger charge is -1.89. The van der Waals surface area contributed by atoms with Gasteiger partial charge in [-0.2, -0.15) is 0 Å². The van der Waals surface area contributed by atoms with Crippen LogP contribution in [0.4, 0.5) is 0 Å². The SMILES string of the molecule is C=C(Cl)C(=O)OC.O=C1C=CC(=O)N1. The molecule has 0 aromatic rings. The maximum atomic E-state index is 10.1. The Morgan fingerprint density at radius 1 is 1.43 bits per heavy atom. The number of hydrogen-bond donors (Lipinski definition) is 1. The van der Waals surface area contributed by atoms with E-state index in [4.69, 9.17) is 11.6 Å². The Hall–Kier alpha value is -1.62.